The van der Waals surface area contributed by atoms with Crippen molar-refractivity contribution in [1.29, 1.82) is 0 Å². The van der Waals surface area contributed by atoms with Crippen LogP contribution in [0.5, 0.6) is 5.75 Å². The van der Waals surface area contributed by atoms with Crippen LogP contribution in [0, 0.1) is 0 Å². The second kappa shape index (κ2) is 6.94. The molecule has 1 amide bonds. The van der Waals surface area contributed by atoms with Crippen molar-refractivity contribution in [3.05, 3.63) is 72.4 Å². The fourth-order valence-electron chi connectivity index (χ4n) is 3.53. The molecule has 2 aliphatic heterocycles. The predicted molar refractivity (Wildman–Crippen MR) is 113 cm³/mol. The summed E-state index contributed by atoms with van der Waals surface area (Å²) in [6, 6.07) is 15.2. The SMILES string of the molecule is CN1C(=O)c2ccccc2N2C/C=C\COc3cccc(c3)Nc3ncc1c2n3. The first kappa shape index (κ1) is 17.2. The van der Waals surface area contributed by atoms with Crippen LogP contribution in [0.4, 0.5) is 28.8 Å². The first-order chi connectivity index (χ1) is 14.2. The number of ether oxygens (including phenoxy) is 1. The Hall–Kier alpha value is -3.87. The maximum absolute atomic E-state index is 13.0. The molecule has 7 nitrogen and oxygen atoms in total. The highest BCUT2D eigenvalue weighted by atomic mass is 16.5. The Kier molecular flexibility index (Phi) is 4.13. The van der Waals surface area contributed by atoms with Crippen molar-refractivity contribution in [1.82, 2.24) is 9.97 Å². The highest BCUT2D eigenvalue weighted by molar-refractivity contribution is 6.13. The zero-order valence-electron chi connectivity index (χ0n) is 15.9. The molecular weight excluding hydrogens is 366 g/mol. The van der Waals surface area contributed by atoms with Gasteiger partial charge in [-0.3, -0.25) is 4.79 Å². The van der Waals surface area contributed by atoms with Crippen LogP contribution in [0.1, 0.15) is 10.4 Å². The van der Waals surface area contributed by atoms with Crippen LogP contribution >= 0.6 is 0 Å². The molecule has 2 aromatic carbocycles. The maximum Gasteiger partial charge on any atom is 0.260 e. The quantitative estimate of drug-likeness (QED) is 0.592. The summed E-state index contributed by atoms with van der Waals surface area (Å²) in [6.07, 6.45) is 5.68. The van der Waals surface area contributed by atoms with Gasteiger partial charge in [-0.15, -0.1) is 0 Å². The summed E-state index contributed by atoms with van der Waals surface area (Å²) in [7, 11) is 1.75. The predicted octanol–water partition coefficient (Wildman–Crippen LogP) is 3.90. The van der Waals surface area contributed by atoms with E-state index in [1.807, 2.05) is 65.6 Å². The number of hydrogen-bond donors (Lipinski definition) is 1. The van der Waals surface area contributed by atoms with Crippen LogP contribution in [0.3, 0.4) is 0 Å². The average molecular weight is 385 g/mol. The number of hydrogen-bond acceptors (Lipinski definition) is 6. The molecule has 7 heteroatoms. The van der Waals surface area contributed by atoms with Gasteiger partial charge in [0, 0.05) is 25.3 Å². The summed E-state index contributed by atoms with van der Waals surface area (Å²) in [5.41, 5.74) is 2.93. The molecule has 3 aromatic rings. The lowest BCUT2D eigenvalue weighted by atomic mass is 10.1. The van der Waals surface area contributed by atoms with Crippen LogP contribution in [0.25, 0.3) is 0 Å². The third-order valence-corrected chi connectivity index (χ3v) is 4.99. The third-order valence-electron chi connectivity index (χ3n) is 4.99. The Labute approximate surface area is 168 Å². The van der Waals surface area contributed by atoms with Crippen LogP contribution < -0.4 is 19.9 Å². The minimum Gasteiger partial charge on any atom is -0.489 e. The highest BCUT2D eigenvalue weighted by Crippen LogP contribution is 2.39. The molecule has 0 spiro atoms. The monoisotopic (exact) mass is 385 g/mol. The standard InChI is InChI=1S/C22H19N5O2/c1-26-19-14-23-22-24-15-7-6-8-16(13-15)29-12-5-4-11-27(20(19)25-22)18-10-3-2-9-17(18)21(26)28/h2-10,13-14H,11-12H2,1H3,(H,23,24,25)/b5-4-. The summed E-state index contributed by atoms with van der Waals surface area (Å²) in [5.74, 6) is 1.80. The van der Waals surface area contributed by atoms with Gasteiger partial charge in [-0.1, -0.05) is 24.3 Å². The molecule has 5 rings (SSSR count). The lowest BCUT2D eigenvalue weighted by molar-refractivity contribution is 0.0994. The van der Waals surface area contributed by atoms with Gasteiger partial charge in [-0.05, 0) is 30.3 Å². The number of carbonyl (C=O) groups excluding carboxylic acids is 1. The Bertz CT molecular complexity index is 1130. The number of carbonyl (C=O) groups is 1. The van der Waals surface area contributed by atoms with Gasteiger partial charge in [0.2, 0.25) is 5.95 Å². The van der Waals surface area contributed by atoms with Gasteiger partial charge in [-0.2, -0.15) is 4.98 Å². The van der Waals surface area contributed by atoms with E-state index in [1.54, 1.807) is 18.1 Å². The van der Waals surface area contributed by atoms with Gasteiger partial charge < -0.3 is 19.9 Å². The molecule has 29 heavy (non-hydrogen) atoms. The summed E-state index contributed by atoms with van der Waals surface area (Å²) in [5, 5.41) is 3.24. The third kappa shape index (κ3) is 3.06. The molecule has 0 fully saturated rings. The number of fused-ring (bicyclic) bond motifs is 5. The molecular formula is C22H19N5O2. The summed E-state index contributed by atoms with van der Waals surface area (Å²) < 4.78 is 5.81. The van der Waals surface area contributed by atoms with Crippen molar-refractivity contribution in [3.8, 4) is 5.75 Å². The van der Waals surface area contributed by atoms with E-state index in [0.717, 1.165) is 17.1 Å². The molecule has 0 unspecified atom stereocenters. The van der Waals surface area contributed by atoms with E-state index in [4.69, 9.17) is 9.72 Å². The molecule has 1 aromatic heterocycles. The van der Waals surface area contributed by atoms with Gasteiger partial charge in [0.15, 0.2) is 5.82 Å². The van der Waals surface area contributed by atoms with Crippen LogP contribution in [0.2, 0.25) is 0 Å². The number of nitrogens with zero attached hydrogens (tertiary/aromatic N) is 4. The zero-order valence-corrected chi connectivity index (χ0v) is 15.9. The Balaban J connectivity index is 1.70. The maximum atomic E-state index is 13.0. The fourth-order valence-corrected chi connectivity index (χ4v) is 3.53. The van der Waals surface area contributed by atoms with Crippen molar-refractivity contribution < 1.29 is 9.53 Å². The van der Waals surface area contributed by atoms with E-state index in [-0.39, 0.29) is 5.91 Å². The lowest BCUT2D eigenvalue weighted by Crippen LogP contribution is -2.25. The minimum absolute atomic E-state index is 0.0882. The first-order valence-corrected chi connectivity index (χ1v) is 9.37. The van der Waals surface area contributed by atoms with Crippen molar-refractivity contribution in [2.75, 3.05) is 35.3 Å². The fraction of sp³-hybridized carbons (Fsp3) is 0.136. The normalized spacial score (nSPS) is 16.2. The van der Waals surface area contributed by atoms with E-state index < -0.39 is 0 Å². The Morgan fingerprint density at radius 2 is 1.97 bits per heavy atom. The number of benzene rings is 2. The number of anilines is 5. The molecule has 144 valence electrons. The van der Waals surface area contributed by atoms with E-state index in [1.165, 1.54) is 0 Å². The molecule has 0 radical (unpaired) electrons. The second-order valence-electron chi connectivity index (χ2n) is 6.83. The molecule has 2 aliphatic rings. The van der Waals surface area contributed by atoms with Crippen molar-refractivity contribution >= 4 is 34.7 Å². The van der Waals surface area contributed by atoms with E-state index in [2.05, 4.69) is 10.3 Å². The van der Waals surface area contributed by atoms with Crippen molar-refractivity contribution in [3.63, 3.8) is 0 Å². The first-order valence-electron chi connectivity index (χ1n) is 9.37. The van der Waals surface area contributed by atoms with Gasteiger partial charge in [0.1, 0.15) is 18.0 Å². The average Bonchev–Trinajstić information content (AvgIpc) is 2.82. The number of aromatic nitrogens is 2. The van der Waals surface area contributed by atoms with E-state index in [9.17, 15) is 4.79 Å². The zero-order chi connectivity index (χ0) is 19.8. The van der Waals surface area contributed by atoms with Crippen molar-refractivity contribution in [2.45, 2.75) is 0 Å². The van der Waals surface area contributed by atoms with E-state index in [0.29, 0.717) is 36.2 Å². The van der Waals surface area contributed by atoms with Crippen LogP contribution in [-0.2, 0) is 0 Å². The molecule has 4 bridgehead atoms. The molecule has 3 heterocycles. The molecule has 0 aliphatic carbocycles. The second-order valence-corrected chi connectivity index (χ2v) is 6.83. The molecule has 0 saturated carbocycles. The van der Waals surface area contributed by atoms with Gasteiger partial charge in [-0.25, -0.2) is 4.98 Å². The van der Waals surface area contributed by atoms with Gasteiger partial charge >= 0.3 is 0 Å². The molecule has 0 saturated heterocycles. The van der Waals surface area contributed by atoms with Gasteiger partial charge in [0.25, 0.3) is 5.91 Å². The van der Waals surface area contributed by atoms with Crippen molar-refractivity contribution in [2.24, 2.45) is 0 Å². The van der Waals surface area contributed by atoms with E-state index >= 15 is 0 Å². The topological polar surface area (TPSA) is 70.6 Å². The highest BCUT2D eigenvalue weighted by Gasteiger charge is 2.30. The smallest absolute Gasteiger partial charge is 0.260 e. The Morgan fingerprint density at radius 1 is 1.07 bits per heavy atom. The number of para-hydroxylation sites is 1. The summed E-state index contributed by atoms with van der Waals surface area (Å²) in [6.45, 7) is 0.996. The number of rotatable bonds is 0. The Morgan fingerprint density at radius 3 is 2.90 bits per heavy atom. The summed E-state index contributed by atoms with van der Waals surface area (Å²) >= 11 is 0. The number of nitrogens with one attached hydrogen (secondary N) is 1. The lowest BCUT2D eigenvalue weighted by Gasteiger charge is -2.24. The summed E-state index contributed by atoms with van der Waals surface area (Å²) in [4.78, 5) is 25.9. The molecule has 1 N–H and O–H groups in total. The van der Waals surface area contributed by atoms with Gasteiger partial charge in [0.05, 0.1) is 17.4 Å². The minimum atomic E-state index is -0.0882. The number of amides is 1. The van der Waals surface area contributed by atoms with Crippen LogP contribution in [-0.4, -0.2) is 36.1 Å². The van der Waals surface area contributed by atoms with Crippen LogP contribution in [0.15, 0.2) is 66.9 Å². The molecule has 0 atom stereocenters. The largest absolute Gasteiger partial charge is 0.489 e.